The van der Waals surface area contributed by atoms with E-state index in [0.29, 0.717) is 12.4 Å². The number of aromatic nitrogens is 3. The summed E-state index contributed by atoms with van der Waals surface area (Å²) in [7, 11) is 1.82. The Morgan fingerprint density at radius 3 is 2.69 bits per heavy atom. The van der Waals surface area contributed by atoms with E-state index >= 15 is 0 Å². The summed E-state index contributed by atoms with van der Waals surface area (Å²) in [5, 5.41) is 7.68. The third kappa shape index (κ3) is 2.27. The van der Waals surface area contributed by atoms with Gasteiger partial charge in [-0.25, -0.2) is 0 Å². The quantitative estimate of drug-likeness (QED) is 0.629. The fourth-order valence-electron chi connectivity index (χ4n) is 0.946. The first-order valence-corrected chi connectivity index (χ1v) is 4.15. The highest BCUT2D eigenvalue weighted by Gasteiger charge is 2.10. The maximum atomic E-state index is 11.1. The van der Waals surface area contributed by atoms with Crippen molar-refractivity contribution in [2.45, 2.75) is 20.3 Å². The molecule has 1 aromatic heterocycles. The Labute approximate surface area is 76.7 Å². The third-order valence-electron chi connectivity index (χ3n) is 1.79. The predicted molar refractivity (Wildman–Crippen MR) is 46.1 cm³/mol. The zero-order chi connectivity index (χ0) is 9.84. The molecule has 5 heteroatoms. The average Bonchev–Trinajstić information content (AvgIpc) is 2.37. The van der Waals surface area contributed by atoms with Crippen molar-refractivity contribution in [3.8, 4) is 0 Å². The van der Waals surface area contributed by atoms with E-state index in [9.17, 15) is 4.79 Å². The van der Waals surface area contributed by atoms with Crippen LogP contribution in [0.5, 0.6) is 0 Å². The molecule has 0 aromatic carbocycles. The highest BCUT2D eigenvalue weighted by molar-refractivity contribution is 5.71. The predicted octanol–water partition coefficient (Wildman–Crippen LogP) is 0.229. The smallest absolute Gasteiger partial charge is 0.313 e. The summed E-state index contributed by atoms with van der Waals surface area (Å²) in [6.45, 7) is 4.01. The summed E-state index contributed by atoms with van der Waals surface area (Å²) in [4.78, 5) is 11.1. The number of carbonyl (C=O) groups excluding carboxylic acids is 1. The van der Waals surface area contributed by atoms with Gasteiger partial charge in [-0.1, -0.05) is 0 Å². The van der Waals surface area contributed by atoms with Crippen molar-refractivity contribution >= 4 is 5.97 Å². The largest absolute Gasteiger partial charge is 0.466 e. The lowest BCUT2D eigenvalue weighted by Crippen LogP contribution is -2.11. The minimum absolute atomic E-state index is 0.186. The second-order valence-corrected chi connectivity index (χ2v) is 2.70. The standard InChI is InChI=1S/C8H13N3O2/c1-4-13-8(12)5-7-10-9-6(2)11(7)3/h4-5H2,1-3H3. The van der Waals surface area contributed by atoms with Crippen LogP contribution < -0.4 is 0 Å². The highest BCUT2D eigenvalue weighted by Crippen LogP contribution is 1.99. The van der Waals surface area contributed by atoms with Crippen molar-refractivity contribution in [3.05, 3.63) is 11.6 Å². The van der Waals surface area contributed by atoms with Crippen LogP contribution in [0.25, 0.3) is 0 Å². The Morgan fingerprint density at radius 1 is 1.54 bits per heavy atom. The molecule has 1 aromatic rings. The lowest BCUT2D eigenvalue weighted by Gasteiger charge is -2.01. The van der Waals surface area contributed by atoms with Crippen molar-refractivity contribution in [1.29, 1.82) is 0 Å². The van der Waals surface area contributed by atoms with E-state index < -0.39 is 0 Å². The normalized spacial score (nSPS) is 10.1. The SMILES string of the molecule is CCOC(=O)Cc1nnc(C)n1C. The third-order valence-corrected chi connectivity index (χ3v) is 1.79. The number of carbonyl (C=O) groups is 1. The molecule has 0 atom stereocenters. The minimum atomic E-state index is -0.266. The number of rotatable bonds is 3. The molecule has 72 valence electrons. The van der Waals surface area contributed by atoms with Gasteiger partial charge < -0.3 is 9.30 Å². The first-order valence-electron chi connectivity index (χ1n) is 4.15. The van der Waals surface area contributed by atoms with Crippen LogP contribution in [0, 0.1) is 6.92 Å². The lowest BCUT2D eigenvalue weighted by molar-refractivity contribution is -0.142. The van der Waals surface area contributed by atoms with Crippen molar-refractivity contribution in [1.82, 2.24) is 14.8 Å². The first kappa shape index (κ1) is 9.70. The summed E-state index contributed by atoms with van der Waals surface area (Å²) >= 11 is 0. The van der Waals surface area contributed by atoms with Crippen molar-refractivity contribution < 1.29 is 9.53 Å². The molecule has 1 heterocycles. The van der Waals surface area contributed by atoms with E-state index in [2.05, 4.69) is 10.2 Å². The Morgan fingerprint density at radius 2 is 2.23 bits per heavy atom. The highest BCUT2D eigenvalue weighted by atomic mass is 16.5. The number of nitrogens with zero attached hydrogens (tertiary/aromatic N) is 3. The fraction of sp³-hybridized carbons (Fsp3) is 0.625. The second kappa shape index (κ2) is 4.02. The fourth-order valence-corrected chi connectivity index (χ4v) is 0.946. The second-order valence-electron chi connectivity index (χ2n) is 2.70. The Balaban J connectivity index is 2.64. The molecule has 0 aliphatic rings. The molecule has 0 aliphatic heterocycles. The van der Waals surface area contributed by atoms with Gasteiger partial charge in [0.2, 0.25) is 0 Å². The zero-order valence-corrected chi connectivity index (χ0v) is 8.07. The Bertz CT molecular complexity index is 306. The van der Waals surface area contributed by atoms with Gasteiger partial charge in [0.1, 0.15) is 18.1 Å². The van der Waals surface area contributed by atoms with Gasteiger partial charge >= 0.3 is 5.97 Å². The van der Waals surface area contributed by atoms with Gasteiger partial charge in [0.15, 0.2) is 0 Å². The molecule has 13 heavy (non-hydrogen) atoms. The monoisotopic (exact) mass is 183 g/mol. The van der Waals surface area contributed by atoms with E-state index in [1.165, 1.54) is 0 Å². The summed E-state index contributed by atoms with van der Waals surface area (Å²) in [5.41, 5.74) is 0. The summed E-state index contributed by atoms with van der Waals surface area (Å²) in [6.07, 6.45) is 0.186. The van der Waals surface area contributed by atoms with E-state index in [1.807, 2.05) is 14.0 Å². The van der Waals surface area contributed by atoms with Crippen LogP contribution >= 0.6 is 0 Å². The molecule has 0 spiro atoms. The maximum absolute atomic E-state index is 11.1. The van der Waals surface area contributed by atoms with Gasteiger partial charge in [-0.15, -0.1) is 10.2 Å². The van der Waals surface area contributed by atoms with Gasteiger partial charge in [-0.05, 0) is 13.8 Å². The van der Waals surface area contributed by atoms with Gasteiger partial charge in [0, 0.05) is 7.05 Å². The molecule has 0 bridgehead atoms. The van der Waals surface area contributed by atoms with E-state index in [-0.39, 0.29) is 12.4 Å². The average molecular weight is 183 g/mol. The number of aryl methyl sites for hydroxylation is 1. The number of hydrogen-bond acceptors (Lipinski definition) is 4. The molecule has 0 aliphatic carbocycles. The number of hydrogen-bond donors (Lipinski definition) is 0. The molecule has 5 nitrogen and oxygen atoms in total. The van der Waals surface area contributed by atoms with Crippen LogP contribution in [0.2, 0.25) is 0 Å². The van der Waals surface area contributed by atoms with Crippen LogP contribution in [0.4, 0.5) is 0 Å². The molecule has 0 N–H and O–H groups in total. The van der Waals surface area contributed by atoms with Gasteiger partial charge in [-0.3, -0.25) is 4.79 Å². The lowest BCUT2D eigenvalue weighted by atomic mass is 10.4. The van der Waals surface area contributed by atoms with Gasteiger partial charge in [0.25, 0.3) is 0 Å². The van der Waals surface area contributed by atoms with Gasteiger partial charge in [0.05, 0.1) is 6.61 Å². The first-order chi connectivity index (χ1) is 6.15. The molecule has 0 saturated carbocycles. The van der Waals surface area contributed by atoms with Crippen molar-refractivity contribution in [3.63, 3.8) is 0 Å². The Kier molecular flexibility index (Phi) is 3.00. The molecule has 0 amide bonds. The van der Waals surface area contributed by atoms with Crippen LogP contribution in [0.3, 0.4) is 0 Å². The molecular formula is C8H13N3O2. The Hall–Kier alpha value is -1.39. The van der Waals surface area contributed by atoms with Crippen LogP contribution in [-0.4, -0.2) is 27.3 Å². The summed E-state index contributed by atoms with van der Waals surface area (Å²) in [5.74, 6) is 1.16. The summed E-state index contributed by atoms with van der Waals surface area (Å²) < 4.78 is 6.56. The number of esters is 1. The van der Waals surface area contributed by atoms with E-state index in [0.717, 1.165) is 5.82 Å². The van der Waals surface area contributed by atoms with E-state index in [1.54, 1.807) is 11.5 Å². The molecule has 0 fully saturated rings. The molecular weight excluding hydrogens is 170 g/mol. The molecule has 0 saturated heterocycles. The molecule has 0 unspecified atom stereocenters. The number of ether oxygens (including phenoxy) is 1. The van der Waals surface area contributed by atoms with E-state index in [4.69, 9.17) is 4.74 Å². The maximum Gasteiger partial charge on any atom is 0.313 e. The zero-order valence-electron chi connectivity index (χ0n) is 8.07. The molecule has 1 rings (SSSR count). The van der Waals surface area contributed by atoms with Crippen LogP contribution in [0.1, 0.15) is 18.6 Å². The van der Waals surface area contributed by atoms with Crippen LogP contribution in [-0.2, 0) is 23.0 Å². The molecule has 0 radical (unpaired) electrons. The van der Waals surface area contributed by atoms with Crippen molar-refractivity contribution in [2.75, 3.05) is 6.61 Å². The van der Waals surface area contributed by atoms with Crippen LogP contribution in [0.15, 0.2) is 0 Å². The summed E-state index contributed by atoms with van der Waals surface area (Å²) in [6, 6.07) is 0. The topological polar surface area (TPSA) is 57.0 Å². The van der Waals surface area contributed by atoms with Gasteiger partial charge in [-0.2, -0.15) is 0 Å². The van der Waals surface area contributed by atoms with Crippen molar-refractivity contribution in [2.24, 2.45) is 7.05 Å². The minimum Gasteiger partial charge on any atom is -0.466 e.